The van der Waals surface area contributed by atoms with Crippen molar-refractivity contribution < 1.29 is 4.79 Å². The van der Waals surface area contributed by atoms with Crippen LogP contribution in [0.25, 0.3) is 0 Å². The number of hydrogen-bond donors (Lipinski definition) is 0. The van der Waals surface area contributed by atoms with E-state index in [9.17, 15) is 4.79 Å². The van der Waals surface area contributed by atoms with E-state index in [0.29, 0.717) is 12.4 Å². The summed E-state index contributed by atoms with van der Waals surface area (Å²) < 4.78 is 4.61. The lowest BCUT2D eigenvalue weighted by molar-refractivity contribution is 0.0975. The second-order valence-electron chi connectivity index (χ2n) is 6.72. The van der Waals surface area contributed by atoms with E-state index in [2.05, 4.69) is 39.1 Å². The first-order chi connectivity index (χ1) is 12.5. The maximum absolute atomic E-state index is 13.0. The van der Waals surface area contributed by atoms with Crippen LogP contribution < -0.4 is 4.90 Å². The van der Waals surface area contributed by atoms with Crippen molar-refractivity contribution in [1.29, 1.82) is 0 Å². The SMILES string of the molecule is Cc1nn(Cn2ccc(C(=O)N3c4ccccc4C[C@H]3C)n2)c(C)c1Br. The summed E-state index contributed by atoms with van der Waals surface area (Å²) in [5.74, 6) is -0.0595. The van der Waals surface area contributed by atoms with Gasteiger partial charge in [0, 0.05) is 17.9 Å². The first-order valence-electron chi connectivity index (χ1n) is 8.60. The summed E-state index contributed by atoms with van der Waals surface area (Å²) in [5, 5.41) is 8.98. The number of hydrogen-bond acceptors (Lipinski definition) is 3. The van der Waals surface area contributed by atoms with Gasteiger partial charge in [0.1, 0.15) is 6.67 Å². The molecule has 2 aromatic heterocycles. The van der Waals surface area contributed by atoms with Gasteiger partial charge < -0.3 is 4.90 Å². The number of anilines is 1. The highest BCUT2D eigenvalue weighted by atomic mass is 79.9. The van der Waals surface area contributed by atoms with Crippen molar-refractivity contribution in [2.24, 2.45) is 0 Å². The highest BCUT2D eigenvalue weighted by Crippen LogP contribution is 2.32. The first kappa shape index (κ1) is 17.0. The average Bonchev–Trinajstić information content (AvgIpc) is 3.28. The lowest BCUT2D eigenvalue weighted by Gasteiger charge is -2.21. The summed E-state index contributed by atoms with van der Waals surface area (Å²) in [6.07, 6.45) is 2.70. The number of fused-ring (bicyclic) bond motifs is 1. The molecule has 0 spiro atoms. The Balaban J connectivity index is 1.58. The first-order valence-corrected chi connectivity index (χ1v) is 9.39. The smallest absolute Gasteiger partial charge is 0.279 e. The zero-order valence-electron chi connectivity index (χ0n) is 15.0. The van der Waals surface area contributed by atoms with Crippen LogP contribution in [-0.2, 0) is 13.1 Å². The third kappa shape index (κ3) is 2.76. The van der Waals surface area contributed by atoms with E-state index in [0.717, 1.165) is 28.0 Å². The van der Waals surface area contributed by atoms with E-state index in [1.54, 1.807) is 10.7 Å². The lowest BCUT2D eigenvalue weighted by Crippen LogP contribution is -2.36. The molecule has 0 N–H and O–H groups in total. The van der Waals surface area contributed by atoms with Gasteiger partial charge in [0.05, 0.1) is 15.9 Å². The fourth-order valence-corrected chi connectivity index (χ4v) is 3.79. The Morgan fingerprint density at radius 3 is 2.73 bits per heavy atom. The Bertz CT molecular complexity index is 990. The molecule has 0 aliphatic carbocycles. The van der Waals surface area contributed by atoms with Crippen LogP contribution in [0.5, 0.6) is 0 Å². The molecule has 0 fully saturated rings. The maximum Gasteiger partial charge on any atom is 0.279 e. The molecular weight excluding hydrogens is 394 g/mol. The quantitative estimate of drug-likeness (QED) is 0.659. The van der Waals surface area contributed by atoms with Crippen LogP contribution in [0.1, 0.15) is 34.4 Å². The summed E-state index contributed by atoms with van der Waals surface area (Å²) in [7, 11) is 0. The number of carbonyl (C=O) groups is 1. The fourth-order valence-electron chi connectivity index (χ4n) is 3.50. The van der Waals surface area contributed by atoms with Crippen LogP contribution >= 0.6 is 15.9 Å². The number of para-hydroxylation sites is 1. The average molecular weight is 414 g/mol. The van der Waals surface area contributed by atoms with Crippen molar-refractivity contribution in [3.8, 4) is 0 Å². The van der Waals surface area contributed by atoms with Gasteiger partial charge in [-0.2, -0.15) is 10.2 Å². The topological polar surface area (TPSA) is 56.0 Å². The Morgan fingerprint density at radius 1 is 1.23 bits per heavy atom. The van der Waals surface area contributed by atoms with Crippen molar-refractivity contribution in [3.63, 3.8) is 0 Å². The van der Waals surface area contributed by atoms with E-state index in [1.807, 2.05) is 47.8 Å². The molecule has 1 aliphatic rings. The van der Waals surface area contributed by atoms with Crippen molar-refractivity contribution in [1.82, 2.24) is 19.6 Å². The molecule has 4 rings (SSSR count). The molecule has 134 valence electrons. The van der Waals surface area contributed by atoms with Crippen molar-refractivity contribution in [2.45, 2.75) is 39.9 Å². The second kappa shape index (κ2) is 6.39. The molecule has 7 heteroatoms. The molecule has 1 aromatic carbocycles. The number of aromatic nitrogens is 4. The summed E-state index contributed by atoms with van der Waals surface area (Å²) >= 11 is 3.53. The standard InChI is InChI=1S/C19H20BrN5O/c1-12-10-15-6-4-5-7-17(15)25(12)19(26)16-8-9-23(22-16)11-24-14(3)18(20)13(2)21-24/h4-9,12H,10-11H2,1-3H3/t12-/m1/s1. The summed E-state index contributed by atoms with van der Waals surface area (Å²) in [6, 6.07) is 9.98. The number of rotatable bonds is 3. The number of benzene rings is 1. The third-order valence-corrected chi connectivity index (χ3v) is 6.01. The minimum absolute atomic E-state index is 0.0595. The fraction of sp³-hybridized carbons (Fsp3) is 0.316. The van der Waals surface area contributed by atoms with E-state index >= 15 is 0 Å². The summed E-state index contributed by atoms with van der Waals surface area (Å²) in [4.78, 5) is 14.9. The predicted molar refractivity (Wildman–Crippen MR) is 103 cm³/mol. The van der Waals surface area contributed by atoms with Gasteiger partial charge in [-0.15, -0.1) is 0 Å². The molecule has 3 heterocycles. The lowest BCUT2D eigenvalue weighted by atomic mass is 10.1. The van der Waals surface area contributed by atoms with Crippen LogP contribution in [0.3, 0.4) is 0 Å². The molecule has 0 bridgehead atoms. The summed E-state index contributed by atoms with van der Waals surface area (Å²) in [5.41, 5.74) is 4.62. The van der Waals surface area contributed by atoms with Gasteiger partial charge in [0.25, 0.3) is 5.91 Å². The van der Waals surface area contributed by atoms with Crippen LogP contribution in [-0.4, -0.2) is 31.5 Å². The summed E-state index contributed by atoms with van der Waals surface area (Å²) in [6.45, 7) is 6.50. The van der Waals surface area contributed by atoms with E-state index < -0.39 is 0 Å². The Labute approximate surface area is 160 Å². The van der Waals surface area contributed by atoms with E-state index in [1.165, 1.54) is 5.56 Å². The molecule has 3 aromatic rings. The molecule has 0 saturated heterocycles. The van der Waals surface area contributed by atoms with Crippen molar-refractivity contribution in [2.75, 3.05) is 4.90 Å². The zero-order valence-corrected chi connectivity index (χ0v) is 16.6. The van der Waals surface area contributed by atoms with Crippen LogP contribution in [0, 0.1) is 13.8 Å². The Morgan fingerprint density at radius 2 is 2.00 bits per heavy atom. The second-order valence-corrected chi connectivity index (χ2v) is 7.52. The molecule has 6 nitrogen and oxygen atoms in total. The van der Waals surface area contributed by atoms with Gasteiger partial charge >= 0.3 is 0 Å². The van der Waals surface area contributed by atoms with Gasteiger partial charge in [-0.3, -0.25) is 9.48 Å². The molecular formula is C19H20BrN5O. The van der Waals surface area contributed by atoms with Gasteiger partial charge in [-0.25, -0.2) is 4.68 Å². The van der Waals surface area contributed by atoms with Crippen LogP contribution in [0.4, 0.5) is 5.69 Å². The van der Waals surface area contributed by atoms with Gasteiger partial charge in [-0.1, -0.05) is 18.2 Å². The third-order valence-electron chi connectivity index (χ3n) is 4.86. The Kier molecular flexibility index (Phi) is 4.19. The van der Waals surface area contributed by atoms with Crippen molar-refractivity contribution >= 4 is 27.5 Å². The molecule has 26 heavy (non-hydrogen) atoms. The Hall–Kier alpha value is -2.41. The number of aryl methyl sites for hydroxylation is 1. The van der Waals surface area contributed by atoms with Crippen LogP contribution in [0.2, 0.25) is 0 Å². The molecule has 1 atom stereocenters. The van der Waals surface area contributed by atoms with E-state index in [-0.39, 0.29) is 11.9 Å². The largest absolute Gasteiger partial charge is 0.304 e. The number of nitrogens with zero attached hydrogens (tertiary/aromatic N) is 5. The molecule has 0 radical (unpaired) electrons. The van der Waals surface area contributed by atoms with Gasteiger partial charge in [-0.05, 0) is 60.8 Å². The monoisotopic (exact) mass is 413 g/mol. The van der Waals surface area contributed by atoms with E-state index in [4.69, 9.17) is 0 Å². The number of halogens is 1. The molecule has 1 amide bonds. The molecule has 0 unspecified atom stereocenters. The maximum atomic E-state index is 13.0. The highest BCUT2D eigenvalue weighted by molar-refractivity contribution is 9.10. The number of carbonyl (C=O) groups excluding carboxylic acids is 1. The minimum Gasteiger partial charge on any atom is -0.304 e. The normalized spacial score (nSPS) is 16.2. The van der Waals surface area contributed by atoms with Crippen molar-refractivity contribution in [3.05, 3.63) is 63.6 Å². The predicted octanol–water partition coefficient (Wildman–Crippen LogP) is 3.56. The highest BCUT2D eigenvalue weighted by Gasteiger charge is 2.32. The number of amides is 1. The zero-order chi connectivity index (χ0) is 18.4. The van der Waals surface area contributed by atoms with Gasteiger partial charge in [0.2, 0.25) is 0 Å². The molecule has 0 saturated carbocycles. The minimum atomic E-state index is -0.0595. The van der Waals surface area contributed by atoms with Gasteiger partial charge in [0.15, 0.2) is 5.69 Å². The molecule has 1 aliphatic heterocycles. The van der Waals surface area contributed by atoms with Crippen LogP contribution in [0.15, 0.2) is 41.0 Å².